The normalized spacial score (nSPS) is 11.9. The summed E-state index contributed by atoms with van der Waals surface area (Å²) in [6, 6.07) is 15.3. The summed E-state index contributed by atoms with van der Waals surface area (Å²) in [5.41, 5.74) is 1.89. The zero-order valence-corrected chi connectivity index (χ0v) is 13.1. The summed E-state index contributed by atoms with van der Waals surface area (Å²) in [4.78, 5) is 11.4. The molecule has 1 atom stereocenters. The van der Waals surface area contributed by atoms with E-state index in [4.69, 9.17) is 16.3 Å². The number of ether oxygens (including phenoxy) is 1. The molecule has 0 aliphatic heterocycles. The Balaban J connectivity index is 2.24. The lowest BCUT2D eigenvalue weighted by Crippen LogP contribution is -2.04. The lowest BCUT2D eigenvalue weighted by atomic mass is 9.93. The van der Waals surface area contributed by atoms with Crippen LogP contribution in [0.2, 0.25) is 0 Å². The van der Waals surface area contributed by atoms with Crippen molar-refractivity contribution in [1.82, 2.24) is 0 Å². The summed E-state index contributed by atoms with van der Waals surface area (Å²) < 4.78 is 6.35. The Hall–Kier alpha value is -1.32. The summed E-state index contributed by atoms with van der Waals surface area (Å²) in [5.74, 6) is 0.925. The number of rotatable bonds is 6. The van der Waals surface area contributed by atoms with Gasteiger partial charge >= 0.3 is 0 Å². The first-order chi connectivity index (χ1) is 9.76. The van der Waals surface area contributed by atoms with Crippen LogP contribution in [-0.4, -0.2) is 18.8 Å². The highest BCUT2D eigenvalue weighted by Gasteiger charge is 2.15. The molecule has 2 rings (SSSR count). The molecule has 0 radical (unpaired) electrons. The molecule has 0 fully saturated rings. The SMILES string of the molecule is O=C[C@@H](c1ccc(OCCCl)cc1)c1ccccc1Br. The molecular formula is C16H14BrClO2. The number of carbonyl (C=O) groups excluding carboxylic acids is 1. The van der Waals surface area contributed by atoms with E-state index in [0.29, 0.717) is 12.5 Å². The smallest absolute Gasteiger partial charge is 0.131 e. The molecule has 0 aromatic heterocycles. The third-order valence-electron chi connectivity index (χ3n) is 2.96. The van der Waals surface area contributed by atoms with Crippen LogP contribution in [0.5, 0.6) is 5.75 Å². The molecule has 0 amide bonds. The van der Waals surface area contributed by atoms with Crippen molar-refractivity contribution in [3.05, 3.63) is 64.1 Å². The summed E-state index contributed by atoms with van der Waals surface area (Å²) in [5, 5.41) is 0. The Morgan fingerprint density at radius 2 is 1.85 bits per heavy atom. The van der Waals surface area contributed by atoms with Crippen LogP contribution in [0, 0.1) is 0 Å². The topological polar surface area (TPSA) is 26.3 Å². The molecule has 4 heteroatoms. The molecule has 2 aromatic rings. The first-order valence-electron chi connectivity index (χ1n) is 6.24. The molecule has 0 saturated carbocycles. The Bertz CT molecular complexity index is 569. The van der Waals surface area contributed by atoms with Gasteiger partial charge in [-0.05, 0) is 29.3 Å². The molecule has 0 aliphatic carbocycles. The van der Waals surface area contributed by atoms with E-state index in [1.165, 1.54) is 0 Å². The van der Waals surface area contributed by atoms with Crippen LogP contribution in [0.4, 0.5) is 0 Å². The standard InChI is InChI=1S/C16H14BrClO2/c17-16-4-2-1-3-14(16)15(11-19)12-5-7-13(8-6-12)20-10-9-18/h1-8,11,15H,9-10H2/t15-/m0/s1. The van der Waals surface area contributed by atoms with Gasteiger partial charge < -0.3 is 9.53 Å². The Morgan fingerprint density at radius 3 is 2.45 bits per heavy atom. The molecule has 0 N–H and O–H groups in total. The number of carbonyl (C=O) groups is 1. The van der Waals surface area contributed by atoms with Crippen molar-refractivity contribution in [2.24, 2.45) is 0 Å². The largest absolute Gasteiger partial charge is 0.492 e. The number of aldehydes is 1. The highest BCUT2D eigenvalue weighted by molar-refractivity contribution is 9.10. The number of alkyl halides is 1. The van der Waals surface area contributed by atoms with E-state index in [1.807, 2.05) is 48.5 Å². The second-order valence-electron chi connectivity index (χ2n) is 4.24. The second-order valence-corrected chi connectivity index (χ2v) is 5.47. The van der Waals surface area contributed by atoms with Crippen LogP contribution < -0.4 is 4.74 Å². The number of halogens is 2. The zero-order valence-electron chi connectivity index (χ0n) is 10.8. The maximum Gasteiger partial charge on any atom is 0.131 e. The average molecular weight is 354 g/mol. The van der Waals surface area contributed by atoms with Gasteiger partial charge in [-0.25, -0.2) is 0 Å². The minimum Gasteiger partial charge on any atom is -0.492 e. The van der Waals surface area contributed by atoms with Crippen LogP contribution in [0.15, 0.2) is 53.0 Å². The zero-order chi connectivity index (χ0) is 14.4. The lowest BCUT2D eigenvalue weighted by Gasteiger charge is -2.13. The van der Waals surface area contributed by atoms with Crippen molar-refractivity contribution >= 4 is 33.8 Å². The van der Waals surface area contributed by atoms with E-state index in [0.717, 1.165) is 27.6 Å². The van der Waals surface area contributed by atoms with Crippen LogP contribution in [0.25, 0.3) is 0 Å². The van der Waals surface area contributed by atoms with Gasteiger partial charge in [0.1, 0.15) is 18.6 Å². The van der Waals surface area contributed by atoms with Crippen molar-refractivity contribution in [3.63, 3.8) is 0 Å². The molecule has 2 nitrogen and oxygen atoms in total. The van der Waals surface area contributed by atoms with Crippen LogP contribution in [0.3, 0.4) is 0 Å². The Morgan fingerprint density at radius 1 is 1.15 bits per heavy atom. The van der Waals surface area contributed by atoms with E-state index in [9.17, 15) is 4.79 Å². The summed E-state index contributed by atoms with van der Waals surface area (Å²) in [6.45, 7) is 0.474. The molecule has 0 bridgehead atoms. The van der Waals surface area contributed by atoms with E-state index in [2.05, 4.69) is 15.9 Å². The van der Waals surface area contributed by atoms with Gasteiger partial charge in [0.2, 0.25) is 0 Å². The van der Waals surface area contributed by atoms with Crippen LogP contribution in [-0.2, 0) is 4.79 Å². The molecule has 20 heavy (non-hydrogen) atoms. The predicted octanol–water partition coefficient (Wildman–Crippen LogP) is 4.40. The first kappa shape index (κ1) is 15.1. The van der Waals surface area contributed by atoms with Gasteiger partial charge in [0, 0.05) is 4.47 Å². The first-order valence-corrected chi connectivity index (χ1v) is 7.57. The van der Waals surface area contributed by atoms with Crippen molar-refractivity contribution in [1.29, 1.82) is 0 Å². The van der Waals surface area contributed by atoms with E-state index in [-0.39, 0.29) is 5.92 Å². The maximum absolute atomic E-state index is 11.4. The van der Waals surface area contributed by atoms with Gasteiger partial charge in [0.25, 0.3) is 0 Å². The van der Waals surface area contributed by atoms with Gasteiger partial charge in [-0.15, -0.1) is 11.6 Å². The van der Waals surface area contributed by atoms with Gasteiger partial charge in [-0.1, -0.05) is 46.3 Å². The quantitative estimate of drug-likeness (QED) is 0.568. The monoisotopic (exact) mass is 352 g/mol. The number of hydrogen-bond acceptors (Lipinski definition) is 2. The fourth-order valence-corrected chi connectivity index (χ4v) is 2.60. The van der Waals surface area contributed by atoms with E-state index < -0.39 is 0 Å². The fourth-order valence-electron chi connectivity index (χ4n) is 1.99. The molecular weight excluding hydrogens is 340 g/mol. The fraction of sp³-hybridized carbons (Fsp3) is 0.188. The van der Waals surface area contributed by atoms with Gasteiger partial charge in [-0.3, -0.25) is 0 Å². The maximum atomic E-state index is 11.4. The molecule has 0 heterocycles. The predicted molar refractivity (Wildman–Crippen MR) is 84.7 cm³/mol. The molecule has 0 unspecified atom stereocenters. The summed E-state index contributed by atoms with van der Waals surface area (Å²) in [7, 11) is 0. The van der Waals surface area contributed by atoms with E-state index >= 15 is 0 Å². The van der Waals surface area contributed by atoms with Gasteiger partial charge in [0.15, 0.2) is 0 Å². The molecule has 2 aromatic carbocycles. The summed E-state index contributed by atoms with van der Waals surface area (Å²) in [6.07, 6.45) is 0.953. The van der Waals surface area contributed by atoms with Crippen molar-refractivity contribution in [3.8, 4) is 5.75 Å². The highest BCUT2D eigenvalue weighted by atomic mass is 79.9. The molecule has 0 saturated heterocycles. The van der Waals surface area contributed by atoms with Crippen molar-refractivity contribution in [2.75, 3.05) is 12.5 Å². The van der Waals surface area contributed by atoms with Crippen LogP contribution in [0.1, 0.15) is 17.0 Å². The minimum atomic E-state index is -0.285. The average Bonchev–Trinajstić information content (AvgIpc) is 2.49. The van der Waals surface area contributed by atoms with E-state index in [1.54, 1.807) is 0 Å². The minimum absolute atomic E-state index is 0.285. The highest BCUT2D eigenvalue weighted by Crippen LogP contribution is 2.29. The lowest BCUT2D eigenvalue weighted by molar-refractivity contribution is -0.108. The molecule has 0 spiro atoms. The van der Waals surface area contributed by atoms with Gasteiger partial charge in [-0.2, -0.15) is 0 Å². The van der Waals surface area contributed by atoms with Crippen molar-refractivity contribution < 1.29 is 9.53 Å². The number of hydrogen-bond donors (Lipinski definition) is 0. The Kier molecular flexibility index (Phi) is 5.62. The van der Waals surface area contributed by atoms with Crippen LogP contribution >= 0.6 is 27.5 Å². The third-order valence-corrected chi connectivity index (χ3v) is 3.84. The molecule has 104 valence electrons. The Labute approximate surface area is 131 Å². The third kappa shape index (κ3) is 3.62. The summed E-state index contributed by atoms with van der Waals surface area (Å²) >= 11 is 9.06. The van der Waals surface area contributed by atoms with Crippen molar-refractivity contribution in [2.45, 2.75) is 5.92 Å². The number of benzene rings is 2. The second kappa shape index (κ2) is 7.46. The molecule has 0 aliphatic rings. The van der Waals surface area contributed by atoms with Gasteiger partial charge in [0.05, 0.1) is 11.8 Å².